The number of carbonyl (C=O) groups is 2. The third-order valence-corrected chi connectivity index (χ3v) is 5.74. The maximum atomic E-state index is 12.5. The SMILES string of the molecule is C=CC(=C)OCC(C)(C)NC(=O)OC(CCCCCC)CCCCCCCCCCC(C)=O. The molecular weight excluding hydrogens is 414 g/mol. The summed E-state index contributed by atoms with van der Waals surface area (Å²) >= 11 is 0. The van der Waals surface area contributed by atoms with Gasteiger partial charge >= 0.3 is 6.09 Å². The van der Waals surface area contributed by atoms with Crippen molar-refractivity contribution in [3.8, 4) is 0 Å². The van der Waals surface area contributed by atoms with Crippen molar-refractivity contribution in [2.24, 2.45) is 0 Å². The van der Waals surface area contributed by atoms with E-state index in [2.05, 4.69) is 25.4 Å². The summed E-state index contributed by atoms with van der Waals surface area (Å²) in [5.41, 5.74) is -0.555. The second kappa shape index (κ2) is 19.7. The lowest BCUT2D eigenvalue weighted by atomic mass is 10.0. The fraction of sp³-hybridized carbons (Fsp3) is 0.786. The van der Waals surface area contributed by atoms with E-state index in [1.165, 1.54) is 51.4 Å². The largest absolute Gasteiger partial charge is 0.492 e. The molecule has 0 saturated carbocycles. The molecule has 1 N–H and O–H groups in total. The molecule has 0 aromatic heterocycles. The number of hydrogen-bond donors (Lipinski definition) is 1. The van der Waals surface area contributed by atoms with Crippen LogP contribution in [0.25, 0.3) is 0 Å². The monoisotopic (exact) mass is 465 g/mol. The number of carbonyl (C=O) groups excluding carboxylic acids is 2. The summed E-state index contributed by atoms with van der Waals surface area (Å²) < 4.78 is 11.3. The molecule has 1 atom stereocenters. The first-order chi connectivity index (χ1) is 15.7. The van der Waals surface area contributed by atoms with Crippen LogP contribution in [0.3, 0.4) is 0 Å². The highest BCUT2D eigenvalue weighted by atomic mass is 16.6. The highest BCUT2D eigenvalue weighted by Gasteiger charge is 2.24. The molecule has 0 spiro atoms. The molecule has 5 heteroatoms. The lowest BCUT2D eigenvalue weighted by molar-refractivity contribution is -0.117. The number of ketones is 1. The van der Waals surface area contributed by atoms with Crippen LogP contribution in [0, 0.1) is 0 Å². The maximum absolute atomic E-state index is 12.5. The molecule has 1 amide bonds. The number of ether oxygens (including phenoxy) is 2. The molecule has 0 aromatic rings. The predicted octanol–water partition coefficient (Wildman–Crippen LogP) is 8.04. The number of unbranched alkanes of at least 4 members (excludes halogenated alkanes) is 10. The second-order valence-corrected chi connectivity index (χ2v) is 9.91. The number of Topliss-reactive ketones (excluding diaryl/α,β-unsaturated/α-hetero) is 1. The summed E-state index contributed by atoms with van der Waals surface area (Å²) in [7, 11) is 0. The molecule has 0 bridgehead atoms. The number of amides is 1. The first-order valence-electron chi connectivity index (χ1n) is 13.1. The van der Waals surface area contributed by atoms with E-state index in [1.54, 1.807) is 13.0 Å². The van der Waals surface area contributed by atoms with Crippen molar-refractivity contribution in [3.63, 3.8) is 0 Å². The average Bonchev–Trinajstić information content (AvgIpc) is 2.75. The summed E-state index contributed by atoms with van der Waals surface area (Å²) in [6.45, 7) is 15.3. The van der Waals surface area contributed by atoms with Gasteiger partial charge in [0.1, 0.15) is 24.3 Å². The van der Waals surface area contributed by atoms with Gasteiger partial charge in [0.25, 0.3) is 0 Å². The Morgan fingerprint density at radius 2 is 1.42 bits per heavy atom. The predicted molar refractivity (Wildman–Crippen MR) is 138 cm³/mol. The molecule has 0 aliphatic rings. The van der Waals surface area contributed by atoms with Crippen molar-refractivity contribution in [2.75, 3.05) is 6.61 Å². The van der Waals surface area contributed by atoms with E-state index < -0.39 is 5.54 Å². The maximum Gasteiger partial charge on any atom is 0.407 e. The Hall–Kier alpha value is -1.78. The van der Waals surface area contributed by atoms with Crippen molar-refractivity contribution >= 4 is 11.9 Å². The van der Waals surface area contributed by atoms with Gasteiger partial charge in [0, 0.05) is 6.42 Å². The third kappa shape index (κ3) is 20.6. The molecule has 0 fully saturated rings. The fourth-order valence-electron chi connectivity index (χ4n) is 3.69. The van der Waals surface area contributed by atoms with Crippen LogP contribution in [0.1, 0.15) is 124 Å². The Labute approximate surface area is 203 Å². The van der Waals surface area contributed by atoms with E-state index in [9.17, 15) is 9.59 Å². The summed E-state index contributed by atoms with van der Waals surface area (Å²) in [6.07, 6.45) is 17.8. The molecule has 5 nitrogen and oxygen atoms in total. The normalized spacial score (nSPS) is 12.1. The Kier molecular flexibility index (Phi) is 18.6. The van der Waals surface area contributed by atoms with Crippen LogP contribution in [0.2, 0.25) is 0 Å². The Bertz CT molecular complexity index is 556. The minimum Gasteiger partial charge on any atom is -0.492 e. The lowest BCUT2D eigenvalue weighted by Gasteiger charge is -2.27. The molecular formula is C28H51NO4. The summed E-state index contributed by atoms with van der Waals surface area (Å²) in [5, 5.41) is 2.93. The van der Waals surface area contributed by atoms with Gasteiger partial charge in [-0.2, -0.15) is 0 Å². The van der Waals surface area contributed by atoms with Gasteiger partial charge in [-0.05, 0) is 59.0 Å². The fourth-order valence-corrected chi connectivity index (χ4v) is 3.69. The second-order valence-electron chi connectivity index (χ2n) is 9.91. The van der Waals surface area contributed by atoms with Crippen LogP contribution >= 0.6 is 0 Å². The first-order valence-corrected chi connectivity index (χ1v) is 13.1. The van der Waals surface area contributed by atoms with E-state index in [0.29, 0.717) is 18.1 Å². The quantitative estimate of drug-likeness (QED) is 0.0998. The van der Waals surface area contributed by atoms with Gasteiger partial charge in [-0.3, -0.25) is 0 Å². The summed E-state index contributed by atoms with van der Waals surface area (Å²) in [6, 6.07) is 0. The van der Waals surface area contributed by atoms with Gasteiger partial charge in [0.05, 0.1) is 5.54 Å². The van der Waals surface area contributed by atoms with Gasteiger partial charge in [-0.25, -0.2) is 4.79 Å². The molecule has 0 radical (unpaired) electrons. The molecule has 1 unspecified atom stereocenters. The van der Waals surface area contributed by atoms with Crippen LogP contribution < -0.4 is 5.32 Å². The molecule has 0 rings (SSSR count). The molecule has 0 saturated heterocycles. The molecule has 0 heterocycles. The van der Waals surface area contributed by atoms with Crippen molar-refractivity contribution in [1.29, 1.82) is 0 Å². The van der Waals surface area contributed by atoms with Gasteiger partial charge in [0.15, 0.2) is 0 Å². The highest BCUT2D eigenvalue weighted by molar-refractivity contribution is 5.75. The van der Waals surface area contributed by atoms with Gasteiger partial charge in [-0.1, -0.05) is 77.9 Å². The molecule has 192 valence electrons. The van der Waals surface area contributed by atoms with Gasteiger partial charge < -0.3 is 19.6 Å². The van der Waals surface area contributed by atoms with Crippen molar-refractivity contribution < 1.29 is 19.1 Å². The van der Waals surface area contributed by atoms with Crippen LogP contribution in [-0.4, -0.2) is 30.1 Å². The average molecular weight is 466 g/mol. The van der Waals surface area contributed by atoms with E-state index >= 15 is 0 Å². The number of hydrogen-bond acceptors (Lipinski definition) is 4. The van der Waals surface area contributed by atoms with Gasteiger partial charge in [-0.15, -0.1) is 0 Å². The van der Waals surface area contributed by atoms with E-state index in [4.69, 9.17) is 9.47 Å². The summed E-state index contributed by atoms with van der Waals surface area (Å²) in [4.78, 5) is 23.5. The van der Waals surface area contributed by atoms with Gasteiger partial charge in [0.2, 0.25) is 0 Å². The zero-order chi connectivity index (χ0) is 25.0. The van der Waals surface area contributed by atoms with Crippen LogP contribution in [0.4, 0.5) is 4.79 Å². The minimum atomic E-state index is -0.555. The topological polar surface area (TPSA) is 64.6 Å². The minimum absolute atomic E-state index is 0.0340. The number of allylic oxidation sites excluding steroid dienone is 1. The van der Waals surface area contributed by atoms with Crippen LogP contribution in [0.15, 0.2) is 25.0 Å². The highest BCUT2D eigenvalue weighted by Crippen LogP contribution is 2.18. The number of alkyl carbamates (subject to hydrolysis) is 1. The van der Waals surface area contributed by atoms with E-state index in [-0.39, 0.29) is 12.2 Å². The zero-order valence-electron chi connectivity index (χ0n) is 22.0. The molecule has 0 aliphatic carbocycles. The third-order valence-electron chi connectivity index (χ3n) is 5.74. The van der Waals surface area contributed by atoms with Crippen molar-refractivity contribution in [1.82, 2.24) is 5.32 Å². The van der Waals surface area contributed by atoms with Crippen LogP contribution in [0.5, 0.6) is 0 Å². The Morgan fingerprint density at radius 1 is 0.909 bits per heavy atom. The van der Waals surface area contributed by atoms with Crippen LogP contribution in [-0.2, 0) is 14.3 Å². The number of nitrogens with one attached hydrogen (secondary N) is 1. The van der Waals surface area contributed by atoms with Crippen molar-refractivity contribution in [3.05, 3.63) is 25.0 Å². The smallest absolute Gasteiger partial charge is 0.407 e. The summed E-state index contributed by atoms with van der Waals surface area (Å²) in [5.74, 6) is 0.786. The van der Waals surface area contributed by atoms with E-state index in [1.807, 2.05) is 13.8 Å². The van der Waals surface area contributed by atoms with E-state index in [0.717, 1.165) is 44.9 Å². The molecule has 0 aliphatic heterocycles. The Morgan fingerprint density at radius 3 is 1.94 bits per heavy atom. The molecule has 33 heavy (non-hydrogen) atoms. The standard InChI is InChI=1S/C28H51NO4/c1-7-9-10-18-21-26(22-19-16-14-12-11-13-15-17-20-24(3)30)33-27(31)29-28(5,6)23-32-25(4)8-2/h8,26H,2,4,7,9-23H2,1,3,5-6H3,(H,29,31). The molecule has 0 aromatic carbocycles. The Balaban J connectivity index is 4.26. The first kappa shape index (κ1) is 31.2. The number of rotatable bonds is 22. The lowest BCUT2D eigenvalue weighted by Crippen LogP contribution is -2.48. The zero-order valence-corrected chi connectivity index (χ0v) is 22.0. The van der Waals surface area contributed by atoms with Crippen molar-refractivity contribution in [2.45, 2.75) is 136 Å².